The molecule has 0 aliphatic heterocycles. The molecule has 29 heavy (non-hydrogen) atoms. The van der Waals surface area contributed by atoms with Gasteiger partial charge >= 0.3 is 0 Å². The van der Waals surface area contributed by atoms with Gasteiger partial charge < -0.3 is 10.6 Å². The Labute approximate surface area is 174 Å². The Bertz CT molecular complexity index is 1010. The SMILES string of the molecule is CCCc1c(C(=O)Nc2ccc(NC(C)=O)cc2Cl)cnn1Cc1ccccc1. The highest BCUT2D eigenvalue weighted by Gasteiger charge is 2.18. The van der Waals surface area contributed by atoms with Crippen molar-refractivity contribution >= 4 is 34.8 Å². The number of nitrogens with zero attached hydrogens (tertiary/aromatic N) is 2. The lowest BCUT2D eigenvalue weighted by atomic mass is 10.1. The standard InChI is InChI=1S/C22H23ClN4O2/c1-3-7-21-18(13-24-27(21)14-16-8-5-4-6-9-16)22(29)26-20-11-10-17(12-19(20)23)25-15(2)28/h4-6,8-13H,3,7,14H2,1-2H3,(H,25,28)(H,26,29). The van der Waals surface area contributed by atoms with E-state index in [1.54, 1.807) is 24.4 Å². The molecule has 2 aromatic carbocycles. The van der Waals surface area contributed by atoms with E-state index in [4.69, 9.17) is 11.6 Å². The maximum atomic E-state index is 12.9. The monoisotopic (exact) mass is 410 g/mol. The van der Waals surface area contributed by atoms with Gasteiger partial charge in [-0.15, -0.1) is 0 Å². The Kier molecular flexibility index (Phi) is 6.67. The summed E-state index contributed by atoms with van der Waals surface area (Å²) in [5, 5.41) is 10.3. The van der Waals surface area contributed by atoms with Crippen molar-refractivity contribution in [3.05, 3.63) is 76.6 Å². The molecule has 0 aliphatic rings. The largest absolute Gasteiger partial charge is 0.326 e. The number of rotatable bonds is 7. The number of carbonyl (C=O) groups is 2. The summed E-state index contributed by atoms with van der Waals surface area (Å²) in [4.78, 5) is 24.1. The molecule has 0 atom stereocenters. The van der Waals surface area contributed by atoms with Gasteiger partial charge in [0.05, 0.1) is 34.7 Å². The number of amides is 2. The topological polar surface area (TPSA) is 76.0 Å². The normalized spacial score (nSPS) is 10.6. The van der Waals surface area contributed by atoms with E-state index in [0.717, 1.165) is 24.1 Å². The zero-order chi connectivity index (χ0) is 20.8. The van der Waals surface area contributed by atoms with Crippen molar-refractivity contribution in [3.63, 3.8) is 0 Å². The quantitative estimate of drug-likeness (QED) is 0.590. The predicted molar refractivity (Wildman–Crippen MR) is 115 cm³/mol. The molecule has 2 amide bonds. The molecular weight excluding hydrogens is 388 g/mol. The van der Waals surface area contributed by atoms with E-state index in [1.165, 1.54) is 6.92 Å². The van der Waals surface area contributed by atoms with E-state index in [9.17, 15) is 9.59 Å². The van der Waals surface area contributed by atoms with E-state index in [2.05, 4.69) is 22.7 Å². The molecule has 150 valence electrons. The molecule has 0 saturated carbocycles. The van der Waals surface area contributed by atoms with E-state index < -0.39 is 0 Å². The third-order valence-electron chi connectivity index (χ3n) is 4.39. The van der Waals surface area contributed by atoms with Gasteiger partial charge in [0.15, 0.2) is 0 Å². The maximum Gasteiger partial charge on any atom is 0.259 e. The van der Waals surface area contributed by atoms with Gasteiger partial charge in [0.25, 0.3) is 5.91 Å². The van der Waals surface area contributed by atoms with Crippen LogP contribution in [0, 0.1) is 0 Å². The molecule has 6 nitrogen and oxygen atoms in total. The lowest BCUT2D eigenvalue weighted by Gasteiger charge is -2.11. The van der Waals surface area contributed by atoms with E-state index in [-0.39, 0.29) is 11.8 Å². The predicted octanol–water partition coefficient (Wildman–Crippen LogP) is 4.75. The number of halogens is 1. The fourth-order valence-corrected chi connectivity index (χ4v) is 3.31. The molecule has 3 rings (SSSR count). The van der Waals surface area contributed by atoms with Crippen molar-refractivity contribution < 1.29 is 9.59 Å². The van der Waals surface area contributed by atoms with Crippen LogP contribution in [0.2, 0.25) is 5.02 Å². The van der Waals surface area contributed by atoms with Gasteiger partial charge in [0.1, 0.15) is 0 Å². The molecule has 0 spiro atoms. The third-order valence-corrected chi connectivity index (χ3v) is 4.71. The molecule has 0 saturated heterocycles. The second kappa shape index (κ2) is 9.39. The average Bonchev–Trinajstić information content (AvgIpc) is 3.07. The van der Waals surface area contributed by atoms with Crippen molar-refractivity contribution in [2.24, 2.45) is 0 Å². The number of aromatic nitrogens is 2. The number of carbonyl (C=O) groups excluding carboxylic acids is 2. The first-order chi connectivity index (χ1) is 14.0. The van der Waals surface area contributed by atoms with E-state index in [1.807, 2.05) is 35.0 Å². The number of benzene rings is 2. The molecule has 2 N–H and O–H groups in total. The van der Waals surface area contributed by atoms with Crippen LogP contribution in [0.3, 0.4) is 0 Å². The maximum absolute atomic E-state index is 12.9. The summed E-state index contributed by atoms with van der Waals surface area (Å²) in [7, 11) is 0. The molecule has 1 aromatic heterocycles. The molecule has 1 heterocycles. The van der Waals surface area contributed by atoms with Crippen LogP contribution in [0.25, 0.3) is 0 Å². The summed E-state index contributed by atoms with van der Waals surface area (Å²) in [5.41, 5.74) is 3.59. The molecule has 7 heteroatoms. The smallest absolute Gasteiger partial charge is 0.259 e. The van der Waals surface area contributed by atoms with Crippen molar-refractivity contribution in [1.29, 1.82) is 0 Å². The van der Waals surface area contributed by atoms with E-state index in [0.29, 0.717) is 28.5 Å². The summed E-state index contributed by atoms with van der Waals surface area (Å²) in [5.74, 6) is -0.449. The summed E-state index contributed by atoms with van der Waals surface area (Å²) in [6.07, 6.45) is 3.24. The van der Waals surface area contributed by atoms with Gasteiger partial charge in [-0.2, -0.15) is 5.10 Å². The zero-order valence-corrected chi connectivity index (χ0v) is 17.2. The first-order valence-electron chi connectivity index (χ1n) is 9.45. The van der Waals surface area contributed by atoms with Crippen molar-refractivity contribution in [2.45, 2.75) is 33.2 Å². The Balaban J connectivity index is 1.81. The minimum absolute atomic E-state index is 0.187. The van der Waals surface area contributed by atoms with Gasteiger partial charge in [-0.25, -0.2) is 0 Å². The molecule has 0 radical (unpaired) electrons. The Morgan fingerprint density at radius 2 is 1.86 bits per heavy atom. The molecule has 0 unspecified atom stereocenters. The van der Waals surface area contributed by atoms with Crippen molar-refractivity contribution in [2.75, 3.05) is 10.6 Å². The number of hydrogen-bond donors (Lipinski definition) is 2. The van der Waals surface area contributed by atoms with Crippen LogP contribution in [0.4, 0.5) is 11.4 Å². The van der Waals surface area contributed by atoms with Crippen molar-refractivity contribution in [3.8, 4) is 0 Å². The van der Waals surface area contributed by atoms with Crippen LogP contribution < -0.4 is 10.6 Å². The summed E-state index contributed by atoms with van der Waals surface area (Å²) < 4.78 is 1.87. The summed E-state index contributed by atoms with van der Waals surface area (Å²) >= 11 is 6.27. The van der Waals surface area contributed by atoms with Crippen LogP contribution in [0.5, 0.6) is 0 Å². The zero-order valence-electron chi connectivity index (χ0n) is 16.4. The Morgan fingerprint density at radius 3 is 2.52 bits per heavy atom. The van der Waals surface area contributed by atoms with Gasteiger partial charge in [0, 0.05) is 12.6 Å². The highest BCUT2D eigenvalue weighted by molar-refractivity contribution is 6.34. The first-order valence-corrected chi connectivity index (χ1v) is 9.82. The highest BCUT2D eigenvalue weighted by atomic mass is 35.5. The molecular formula is C22H23ClN4O2. The molecule has 0 aliphatic carbocycles. The number of hydrogen-bond acceptors (Lipinski definition) is 3. The van der Waals surface area contributed by atoms with Crippen molar-refractivity contribution in [1.82, 2.24) is 9.78 Å². The number of anilines is 2. The first kappa shape index (κ1) is 20.6. The second-order valence-electron chi connectivity index (χ2n) is 6.73. The number of nitrogens with one attached hydrogen (secondary N) is 2. The van der Waals surface area contributed by atoms with Gasteiger partial charge in [0.2, 0.25) is 5.91 Å². The average molecular weight is 411 g/mol. The highest BCUT2D eigenvalue weighted by Crippen LogP contribution is 2.26. The molecule has 3 aromatic rings. The summed E-state index contributed by atoms with van der Waals surface area (Å²) in [6, 6.07) is 15.0. The van der Waals surface area contributed by atoms with Crippen LogP contribution in [-0.2, 0) is 17.8 Å². The van der Waals surface area contributed by atoms with Gasteiger partial charge in [-0.1, -0.05) is 55.3 Å². The lowest BCUT2D eigenvalue weighted by molar-refractivity contribution is -0.114. The van der Waals surface area contributed by atoms with Gasteiger partial charge in [-0.3, -0.25) is 14.3 Å². The lowest BCUT2D eigenvalue weighted by Crippen LogP contribution is -2.16. The second-order valence-corrected chi connectivity index (χ2v) is 7.14. The minimum atomic E-state index is -0.262. The van der Waals surface area contributed by atoms with Crippen LogP contribution in [-0.4, -0.2) is 21.6 Å². The Morgan fingerprint density at radius 1 is 1.10 bits per heavy atom. The fourth-order valence-electron chi connectivity index (χ4n) is 3.08. The van der Waals surface area contributed by atoms with Crippen LogP contribution in [0.1, 0.15) is 41.9 Å². The molecule has 0 bridgehead atoms. The van der Waals surface area contributed by atoms with Gasteiger partial charge in [-0.05, 0) is 30.2 Å². The van der Waals surface area contributed by atoms with E-state index >= 15 is 0 Å². The summed E-state index contributed by atoms with van der Waals surface area (Å²) in [6.45, 7) is 4.10. The minimum Gasteiger partial charge on any atom is -0.326 e. The van der Waals surface area contributed by atoms with Crippen LogP contribution in [0.15, 0.2) is 54.7 Å². The third kappa shape index (κ3) is 5.23. The molecule has 0 fully saturated rings. The fraction of sp³-hybridized carbons (Fsp3) is 0.227. The Hall–Kier alpha value is -3.12. The van der Waals surface area contributed by atoms with Crippen LogP contribution >= 0.6 is 11.6 Å².